The number of ketones is 1. The van der Waals surface area contributed by atoms with E-state index in [1.54, 1.807) is 25.1 Å². The number of thioether (sulfide) groups is 1. The van der Waals surface area contributed by atoms with E-state index in [9.17, 15) is 19.5 Å². The van der Waals surface area contributed by atoms with Crippen molar-refractivity contribution >= 4 is 29.4 Å². The van der Waals surface area contributed by atoms with Crippen molar-refractivity contribution in [2.75, 3.05) is 25.4 Å². The van der Waals surface area contributed by atoms with Gasteiger partial charge in [0.25, 0.3) is 5.91 Å². The first kappa shape index (κ1) is 30.1. The molecule has 3 N–H and O–H groups in total. The number of hydrogen-bond acceptors (Lipinski definition) is 6. The number of amides is 2. The molecule has 2 fully saturated rings. The van der Waals surface area contributed by atoms with E-state index < -0.39 is 6.04 Å². The first-order chi connectivity index (χ1) is 19.4. The SMILES string of the molecule is CCCCNC(=O)[C@@H]1C[C@@H]2CCCC[C@@H]2CN1CC(=O)[C@H](CSc1ccccc1)NC(=O)c1cccc(O)c1C. The van der Waals surface area contributed by atoms with Crippen LogP contribution in [0.2, 0.25) is 0 Å². The van der Waals surface area contributed by atoms with Crippen molar-refractivity contribution in [1.29, 1.82) is 0 Å². The zero-order chi connectivity index (χ0) is 28.5. The third-order valence-electron chi connectivity index (χ3n) is 8.40. The van der Waals surface area contributed by atoms with Gasteiger partial charge in [0.1, 0.15) is 5.75 Å². The summed E-state index contributed by atoms with van der Waals surface area (Å²) in [6, 6.07) is 13.6. The number of likely N-dealkylation sites (tertiary alicyclic amines) is 1. The van der Waals surface area contributed by atoms with E-state index in [4.69, 9.17) is 0 Å². The number of carbonyl (C=O) groups excluding carboxylic acids is 3. The van der Waals surface area contributed by atoms with Crippen LogP contribution < -0.4 is 10.6 Å². The monoisotopic (exact) mass is 565 g/mol. The van der Waals surface area contributed by atoms with Gasteiger partial charge in [0.15, 0.2) is 5.78 Å². The molecule has 216 valence electrons. The summed E-state index contributed by atoms with van der Waals surface area (Å²) in [5, 5.41) is 16.2. The van der Waals surface area contributed by atoms with Gasteiger partial charge in [-0.3, -0.25) is 19.3 Å². The van der Waals surface area contributed by atoms with Crippen LogP contribution in [-0.2, 0) is 9.59 Å². The number of rotatable bonds is 12. The normalized spacial score (nSPS) is 21.7. The Hall–Kier alpha value is -2.84. The molecule has 1 saturated heterocycles. The highest BCUT2D eigenvalue weighted by Crippen LogP contribution is 2.38. The lowest BCUT2D eigenvalue weighted by molar-refractivity contribution is -0.132. The second-order valence-corrected chi connectivity index (χ2v) is 12.3. The molecule has 7 nitrogen and oxygen atoms in total. The Morgan fingerprint density at radius 2 is 1.80 bits per heavy atom. The van der Waals surface area contributed by atoms with Crippen LogP contribution >= 0.6 is 11.8 Å². The summed E-state index contributed by atoms with van der Waals surface area (Å²) >= 11 is 1.52. The molecule has 4 rings (SSSR count). The summed E-state index contributed by atoms with van der Waals surface area (Å²) < 4.78 is 0. The number of Topliss-reactive ketones (excluding diaryl/α,β-unsaturated/α-hetero) is 1. The molecule has 1 aliphatic heterocycles. The molecule has 4 atom stereocenters. The number of benzene rings is 2. The summed E-state index contributed by atoms with van der Waals surface area (Å²) in [6.07, 6.45) is 7.44. The maximum Gasteiger partial charge on any atom is 0.252 e. The maximum absolute atomic E-state index is 13.9. The molecule has 2 aromatic rings. The van der Waals surface area contributed by atoms with Crippen molar-refractivity contribution in [3.63, 3.8) is 0 Å². The van der Waals surface area contributed by atoms with Crippen LogP contribution in [0.5, 0.6) is 5.75 Å². The zero-order valence-electron chi connectivity index (χ0n) is 23.7. The van der Waals surface area contributed by atoms with Gasteiger partial charge in [0, 0.05) is 34.9 Å². The topological polar surface area (TPSA) is 98.7 Å². The minimum Gasteiger partial charge on any atom is -0.508 e. The van der Waals surface area contributed by atoms with Crippen LogP contribution in [0.3, 0.4) is 0 Å². The number of nitrogens with one attached hydrogen (secondary N) is 2. The number of fused-ring (bicyclic) bond motifs is 1. The molecule has 0 radical (unpaired) electrons. The van der Waals surface area contributed by atoms with E-state index in [-0.39, 0.29) is 35.9 Å². The standard InChI is InChI=1S/C32H43N3O4S/c1-3-4-17-33-32(39)28-18-23-11-8-9-12-24(23)19-35(28)20-30(37)27(21-40-25-13-6-5-7-14-25)34-31(38)26-15-10-16-29(36)22(26)2/h5-7,10,13-16,23-24,27-28,36H,3-4,8-9,11-12,17-21H2,1-2H3,(H,33,39)(H,34,38)/t23-,24+,27-,28-/m0/s1. The Kier molecular flexibility index (Phi) is 11.1. The molecule has 1 saturated carbocycles. The lowest BCUT2D eigenvalue weighted by Crippen LogP contribution is -2.58. The van der Waals surface area contributed by atoms with E-state index in [2.05, 4.69) is 22.5 Å². The summed E-state index contributed by atoms with van der Waals surface area (Å²) in [7, 11) is 0. The lowest BCUT2D eigenvalue weighted by Gasteiger charge is -2.45. The molecule has 2 aromatic carbocycles. The van der Waals surface area contributed by atoms with Gasteiger partial charge in [-0.1, -0.05) is 56.9 Å². The quantitative estimate of drug-likeness (QED) is 0.249. The van der Waals surface area contributed by atoms with E-state index in [1.165, 1.54) is 24.6 Å². The molecule has 1 heterocycles. The van der Waals surface area contributed by atoms with Crippen LogP contribution in [-0.4, -0.2) is 65.1 Å². The van der Waals surface area contributed by atoms with E-state index in [1.807, 2.05) is 30.3 Å². The predicted octanol–water partition coefficient (Wildman–Crippen LogP) is 4.96. The average Bonchev–Trinajstić information content (AvgIpc) is 2.96. The van der Waals surface area contributed by atoms with Gasteiger partial charge >= 0.3 is 0 Å². The van der Waals surface area contributed by atoms with Gasteiger partial charge in [0.05, 0.1) is 18.6 Å². The van der Waals surface area contributed by atoms with E-state index >= 15 is 0 Å². The number of hydrogen-bond donors (Lipinski definition) is 3. The molecular formula is C32H43N3O4S. The number of carbonyl (C=O) groups is 3. The van der Waals surface area contributed by atoms with Gasteiger partial charge in [-0.05, 0) is 62.3 Å². The summed E-state index contributed by atoms with van der Waals surface area (Å²) in [6.45, 7) is 5.30. The number of phenolic OH excluding ortho intramolecular Hbond substituents is 1. The van der Waals surface area contributed by atoms with Crippen molar-refractivity contribution in [3.8, 4) is 5.75 Å². The molecule has 2 amide bonds. The summed E-state index contributed by atoms with van der Waals surface area (Å²) in [5.74, 6) is 0.972. The Balaban J connectivity index is 1.51. The molecule has 0 aromatic heterocycles. The average molecular weight is 566 g/mol. The minimum atomic E-state index is -0.743. The molecule has 40 heavy (non-hydrogen) atoms. The highest BCUT2D eigenvalue weighted by Gasteiger charge is 2.41. The van der Waals surface area contributed by atoms with Gasteiger partial charge in [0.2, 0.25) is 5.91 Å². The van der Waals surface area contributed by atoms with E-state index in [0.29, 0.717) is 35.3 Å². The number of phenols is 1. The van der Waals surface area contributed by atoms with Gasteiger partial charge in [-0.2, -0.15) is 0 Å². The van der Waals surface area contributed by atoms with Gasteiger partial charge in [-0.15, -0.1) is 11.8 Å². The summed E-state index contributed by atoms with van der Waals surface area (Å²) in [5.41, 5.74) is 0.823. The van der Waals surface area contributed by atoms with Gasteiger partial charge < -0.3 is 15.7 Å². The van der Waals surface area contributed by atoms with Crippen LogP contribution in [0.4, 0.5) is 0 Å². The molecule has 0 unspecified atom stereocenters. The Morgan fingerprint density at radius 1 is 1.05 bits per heavy atom. The van der Waals surface area contributed by atoms with Crippen LogP contribution in [0.1, 0.15) is 67.8 Å². The Bertz CT molecular complexity index is 1160. The van der Waals surface area contributed by atoms with Crippen LogP contribution in [0.15, 0.2) is 53.4 Å². The Morgan fingerprint density at radius 3 is 2.55 bits per heavy atom. The van der Waals surface area contributed by atoms with Crippen molar-refractivity contribution in [2.45, 2.75) is 75.8 Å². The highest BCUT2D eigenvalue weighted by atomic mass is 32.2. The number of aromatic hydroxyl groups is 1. The van der Waals surface area contributed by atoms with Crippen molar-refractivity contribution in [3.05, 3.63) is 59.7 Å². The van der Waals surface area contributed by atoms with Gasteiger partial charge in [-0.25, -0.2) is 0 Å². The fourth-order valence-electron chi connectivity index (χ4n) is 5.98. The Labute approximate surface area is 242 Å². The molecule has 1 aliphatic carbocycles. The fourth-order valence-corrected chi connectivity index (χ4v) is 6.96. The molecule has 0 spiro atoms. The summed E-state index contributed by atoms with van der Waals surface area (Å²) in [4.78, 5) is 43.5. The van der Waals surface area contributed by atoms with Crippen LogP contribution in [0.25, 0.3) is 0 Å². The first-order valence-corrected chi connectivity index (χ1v) is 15.7. The van der Waals surface area contributed by atoms with Crippen LogP contribution in [0, 0.1) is 18.8 Å². The predicted molar refractivity (Wildman–Crippen MR) is 160 cm³/mol. The molecule has 2 aliphatic rings. The van der Waals surface area contributed by atoms with E-state index in [0.717, 1.165) is 43.5 Å². The fraction of sp³-hybridized carbons (Fsp3) is 0.531. The van der Waals surface area contributed by atoms with Crippen molar-refractivity contribution < 1.29 is 19.5 Å². The minimum absolute atomic E-state index is 0.0138. The lowest BCUT2D eigenvalue weighted by atomic mass is 9.72. The van der Waals surface area contributed by atoms with Crippen molar-refractivity contribution in [2.24, 2.45) is 11.8 Å². The largest absolute Gasteiger partial charge is 0.508 e. The molecule has 8 heteroatoms. The smallest absolute Gasteiger partial charge is 0.252 e. The number of unbranched alkanes of at least 4 members (excludes halogenated alkanes) is 1. The second-order valence-electron chi connectivity index (χ2n) is 11.2. The molecule has 0 bridgehead atoms. The molecular weight excluding hydrogens is 522 g/mol. The van der Waals surface area contributed by atoms with Crippen molar-refractivity contribution in [1.82, 2.24) is 15.5 Å². The first-order valence-electron chi connectivity index (χ1n) is 14.7. The number of nitrogens with zero attached hydrogens (tertiary/aromatic N) is 1. The second kappa shape index (κ2) is 14.7. The third-order valence-corrected chi connectivity index (χ3v) is 9.50. The zero-order valence-corrected chi connectivity index (χ0v) is 24.6. The maximum atomic E-state index is 13.9. The number of piperidine rings is 1. The third kappa shape index (κ3) is 7.88. The highest BCUT2D eigenvalue weighted by molar-refractivity contribution is 7.99.